The molecule has 1 atom stereocenters. The molecule has 1 aliphatic heterocycles. The summed E-state index contributed by atoms with van der Waals surface area (Å²) in [4.78, 5) is 16.6. The minimum Gasteiger partial charge on any atom is -0.465 e. The van der Waals surface area contributed by atoms with E-state index in [1.165, 1.54) is 0 Å². The first-order valence-electron chi connectivity index (χ1n) is 9.34. The van der Waals surface area contributed by atoms with Gasteiger partial charge in [0.15, 0.2) is 5.69 Å². The van der Waals surface area contributed by atoms with Gasteiger partial charge in [-0.25, -0.2) is 4.68 Å². The Kier molecular flexibility index (Phi) is 6.22. The Morgan fingerprint density at radius 2 is 2.27 bits per heavy atom. The molecule has 7 heteroatoms. The minimum absolute atomic E-state index is 0.0460. The molecule has 1 saturated heterocycles. The number of rotatable bonds is 7. The van der Waals surface area contributed by atoms with E-state index in [4.69, 9.17) is 4.42 Å². The molecule has 0 radical (unpaired) electrons. The highest BCUT2D eigenvalue weighted by Crippen LogP contribution is 2.21. The van der Waals surface area contributed by atoms with Gasteiger partial charge in [-0.3, -0.25) is 9.69 Å². The molecular weight excluding hydrogens is 330 g/mol. The summed E-state index contributed by atoms with van der Waals surface area (Å²) >= 11 is 0. The normalized spacial score (nSPS) is 18.5. The first-order valence-corrected chi connectivity index (χ1v) is 9.34. The van der Waals surface area contributed by atoms with E-state index in [0.29, 0.717) is 18.8 Å². The molecule has 0 saturated carbocycles. The first-order chi connectivity index (χ1) is 12.7. The standard InChI is InChI=1S/C19H27N5O2/c1-3-23(4-2)19(25)18-15-24(21-20-18)16-8-5-11-22(14-16)12-6-9-17-10-7-13-26-17/h6-7,9-10,13,15-16H,3-5,8,11-12,14H2,1-2H3/b9-6+/t16-/m0/s1. The van der Waals surface area contributed by atoms with Crippen molar-refractivity contribution in [1.82, 2.24) is 24.8 Å². The van der Waals surface area contributed by atoms with Crippen molar-refractivity contribution in [3.05, 3.63) is 42.1 Å². The van der Waals surface area contributed by atoms with Crippen LogP contribution in [-0.2, 0) is 0 Å². The number of likely N-dealkylation sites (tertiary alicyclic amines) is 1. The Morgan fingerprint density at radius 3 is 3.00 bits per heavy atom. The molecule has 3 heterocycles. The van der Waals surface area contributed by atoms with Crippen molar-refractivity contribution in [1.29, 1.82) is 0 Å². The third-order valence-corrected chi connectivity index (χ3v) is 4.82. The van der Waals surface area contributed by atoms with E-state index >= 15 is 0 Å². The average Bonchev–Trinajstić information content (AvgIpc) is 3.35. The van der Waals surface area contributed by atoms with Crippen LogP contribution in [0.2, 0.25) is 0 Å². The first kappa shape index (κ1) is 18.4. The summed E-state index contributed by atoms with van der Waals surface area (Å²) in [6, 6.07) is 4.09. The third-order valence-electron chi connectivity index (χ3n) is 4.82. The number of aromatic nitrogens is 3. The van der Waals surface area contributed by atoms with Crippen molar-refractivity contribution in [2.24, 2.45) is 0 Å². The van der Waals surface area contributed by atoms with E-state index < -0.39 is 0 Å². The van der Waals surface area contributed by atoms with Crippen LogP contribution < -0.4 is 0 Å². The number of hydrogen-bond donors (Lipinski definition) is 0. The van der Waals surface area contributed by atoms with Crippen molar-refractivity contribution in [2.45, 2.75) is 32.7 Å². The van der Waals surface area contributed by atoms with Gasteiger partial charge in [0, 0.05) is 26.2 Å². The molecule has 1 amide bonds. The van der Waals surface area contributed by atoms with Gasteiger partial charge in [-0.15, -0.1) is 5.10 Å². The van der Waals surface area contributed by atoms with Gasteiger partial charge >= 0.3 is 0 Å². The Balaban J connectivity index is 1.58. The Bertz CT molecular complexity index is 718. The number of amides is 1. The van der Waals surface area contributed by atoms with E-state index in [2.05, 4.69) is 21.3 Å². The largest absolute Gasteiger partial charge is 0.465 e. The van der Waals surface area contributed by atoms with Crippen LogP contribution in [0.25, 0.3) is 6.08 Å². The van der Waals surface area contributed by atoms with Crippen molar-refractivity contribution < 1.29 is 9.21 Å². The Hall–Kier alpha value is -2.41. The quantitative estimate of drug-likeness (QED) is 0.762. The fourth-order valence-corrected chi connectivity index (χ4v) is 3.34. The third kappa shape index (κ3) is 4.40. The molecule has 0 unspecified atom stereocenters. The van der Waals surface area contributed by atoms with Gasteiger partial charge < -0.3 is 9.32 Å². The van der Waals surface area contributed by atoms with Crippen LogP contribution in [-0.4, -0.2) is 63.4 Å². The second-order valence-electron chi connectivity index (χ2n) is 6.53. The number of carbonyl (C=O) groups excluding carboxylic acids is 1. The van der Waals surface area contributed by atoms with Gasteiger partial charge in [0.05, 0.1) is 18.5 Å². The highest BCUT2D eigenvalue weighted by molar-refractivity contribution is 5.91. The zero-order chi connectivity index (χ0) is 18.4. The van der Waals surface area contributed by atoms with Crippen LogP contribution in [0.4, 0.5) is 0 Å². The number of nitrogens with zero attached hydrogens (tertiary/aromatic N) is 5. The maximum atomic E-state index is 12.4. The van der Waals surface area contributed by atoms with Gasteiger partial charge in [0.2, 0.25) is 0 Å². The van der Waals surface area contributed by atoms with E-state index in [-0.39, 0.29) is 11.9 Å². The predicted octanol–water partition coefficient (Wildman–Crippen LogP) is 2.70. The second kappa shape index (κ2) is 8.80. The zero-order valence-electron chi connectivity index (χ0n) is 15.5. The molecule has 26 heavy (non-hydrogen) atoms. The average molecular weight is 357 g/mol. The molecule has 0 aliphatic carbocycles. The van der Waals surface area contributed by atoms with E-state index in [0.717, 1.165) is 38.2 Å². The van der Waals surface area contributed by atoms with Crippen molar-refractivity contribution in [3.8, 4) is 0 Å². The van der Waals surface area contributed by atoms with Crippen molar-refractivity contribution in [2.75, 3.05) is 32.7 Å². The molecule has 2 aromatic rings. The molecular formula is C19H27N5O2. The van der Waals surface area contributed by atoms with Crippen LogP contribution in [0, 0.1) is 0 Å². The monoisotopic (exact) mass is 357 g/mol. The molecule has 1 aliphatic rings. The summed E-state index contributed by atoms with van der Waals surface area (Å²) < 4.78 is 7.17. The van der Waals surface area contributed by atoms with Crippen LogP contribution in [0.3, 0.4) is 0 Å². The lowest BCUT2D eigenvalue weighted by atomic mass is 10.1. The maximum Gasteiger partial charge on any atom is 0.276 e. The van der Waals surface area contributed by atoms with Crippen LogP contribution in [0.5, 0.6) is 0 Å². The fourth-order valence-electron chi connectivity index (χ4n) is 3.34. The second-order valence-corrected chi connectivity index (χ2v) is 6.53. The summed E-state index contributed by atoms with van der Waals surface area (Å²) in [6.07, 6.45) is 9.77. The lowest BCUT2D eigenvalue weighted by Crippen LogP contribution is -2.36. The zero-order valence-corrected chi connectivity index (χ0v) is 15.5. The molecule has 0 spiro atoms. The van der Waals surface area contributed by atoms with Gasteiger partial charge in [0.25, 0.3) is 5.91 Å². The number of furan rings is 1. The SMILES string of the molecule is CCN(CC)C(=O)c1cn([C@H]2CCCN(C/C=C/c3ccco3)C2)nn1. The molecule has 1 fully saturated rings. The topological polar surface area (TPSA) is 67.4 Å². The van der Waals surface area contributed by atoms with E-state index in [9.17, 15) is 4.79 Å². The molecule has 7 nitrogen and oxygen atoms in total. The Morgan fingerprint density at radius 1 is 1.42 bits per heavy atom. The highest BCUT2D eigenvalue weighted by atomic mass is 16.3. The fraction of sp³-hybridized carbons (Fsp3) is 0.526. The van der Waals surface area contributed by atoms with Crippen LogP contribution in [0.15, 0.2) is 35.1 Å². The van der Waals surface area contributed by atoms with Gasteiger partial charge in [-0.2, -0.15) is 0 Å². The lowest BCUT2D eigenvalue weighted by molar-refractivity contribution is 0.0767. The summed E-state index contributed by atoms with van der Waals surface area (Å²) in [6.45, 7) is 8.16. The molecule has 2 aromatic heterocycles. The molecule has 140 valence electrons. The summed E-state index contributed by atoms with van der Waals surface area (Å²) in [5.41, 5.74) is 0.434. The summed E-state index contributed by atoms with van der Waals surface area (Å²) in [5, 5.41) is 8.33. The summed E-state index contributed by atoms with van der Waals surface area (Å²) in [7, 11) is 0. The van der Waals surface area contributed by atoms with Crippen molar-refractivity contribution in [3.63, 3.8) is 0 Å². The van der Waals surface area contributed by atoms with E-state index in [1.807, 2.05) is 36.7 Å². The number of hydrogen-bond acceptors (Lipinski definition) is 5. The number of piperidine rings is 1. The molecule has 0 aromatic carbocycles. The van der Waals surface area contributed by atoms with Gasteiger partial charge in [0.1, 0.15) is 5.76 Å². The highest BCUT2D eigenvalue weighted by Gasteiger charge is 2.23. The smallest absolute Gasteiger partial charge is 0.276 e. The molecule has 0 bridgehead atoms. The summed E-state index contributed by atoms with van der Waals surface area (Å²) in [5.74, 6) is 0.824. The van der Waals surface area contributed by atoms with E-state index in [1.54, 1.807) is 17.4 Å². The number of carbonyl (C=O) groups is 1. The van der Waals surface area contributed by atoms with Gasteiger partial charge in [-0.05, 0) is 51.4 Å². The lowest BCUT2D eigenvalue weighted by Gasteiger charge is -2.31. The predicted molar refractivity (Wildman–Crippen MR) is 99.7 cm³/mol. The molecule has 3 rings (SSSR count). The van der Waals surface area contributed by atoms with Crippen LogP contribution >= 0.6 is 0 Å². The van der Waals surface area contributed by atoms with Crippen LogP contribution in [0.1, 0.15) is 49.0 Å². The molecule has 0 N–H and O–H groups in total. The maximum absolute atomic E-state index is 12.4. The van der Waals surface area contributed by atoms with Gasteiger partial charge in [-0.1, -0.05) is 11.3 Å². The van der Waals surface area contributed by atoms with Crippen molar-refractivity contribution >= 4 is 12.0 Å². The Labute approximate surface area is 154 Å². The minimum atomic E-state index is -0.0460.